The molecule has 0 spiro atoms. The smallest absolute Gasteiger partial charge is 0.116 e. The Morgan fingerprint density at radius 1 is 0.692 bits per heavy atom. The fourth-order valence-electron chi connectivity index (χ4n) is 1.22. The van der Waals surface area contributed by atoms with Gasteiger partial charge in [-0.05, 0) is 35.0 Å². The molecule has 0 unspecified atom stereocenters. The van der Waals surface area contributed by atoms with Crippen molar-refractivity contribution in [3.63, 3.8) is 0 Å². The maximum atomic E-state index is 9.14. The van der Waals surface area contributed by atoms with Gasteiger partial charge in [-0.3, -0.25) is 0 Å². The summed E-state index contributed by atoms with van der Waals surface area (Å²) >= 11 is 0. The zero-order valence-electron chi connectivity index (χ0n) is 6.86. The second kappa shape index (κ2) is 3.95. The first-order valence-corrected chi connectivity index (χ1v) is 3.67. The largest absolute Gasteiger partial charge is 0.508 e. The third-order valence-electron chi connectivity index (χ3n) is 1.81. The van der Waals surface area contributed by atoms with E-state index in [1.165, 1.54) is 0 Å². The maximum Gasteiger partial charge on any atom is 0.116 e. The van der Waals surface area contributed by atoms with Crippen molar-refractivity contribution in [3.8, 4) is 11.5 Å². The molecule has 0 fully saturated rings. The standard InChI is InChI=1S/C10H8O2.Pb/c11-9-3-1-7-2-4-10(12)6-8(7)5-9;/h1-6,11-12H;. The van der Waals surface area contributed by atoms with Gasteiger partial charge in [-0.1, -0.05) is 12.1 Å². The van der Waals surface area contributed by atoms with Crippen LogP contribution in [0.15, 0.2) is 36.4 Å². The van der Waals surface area contributed by atoms with E-state index in [0.717, 1.165) is 10.8 Å². The molecule has 4 radical (unpaired) electrons. The molecule has 2 rings (SSSR count). The Balaban J connectivity index is 0.000000845. The van der Waals surface area contributed by atoms with Crippen molar-refractivity contribution in [2.75, 3.05) is 0 Å². The fourth-order valence-corrected chi connectivity index (χ4v) is 1.22. The van der Waals surface area contributed by atoms with Crippen LogP contribution in [0.5, 0.6) is 11.5 Å². The number of hydrogen-bond acceptors (Lipinski definition) is 2. The van der Waals surface area contributed by atoms with E-state index >= 15 is 0 Å². The molecule has 0 heterocycles. The molecular formula is C10H8O2Pb. The van der Waals surface area contributed by atoms with Crippen LogP contribution in [-0.2, 0) is 0 Å². The Morgan fingerprint density at radius 3 is 1.62 bits per heavy atom. The number of fused-ring (bicyclic) bond motifs is 1. The molecule has 2 aromatic carbocycles. The van der Waals surface area contributed by atoms with Crippen LogP contribution in [0.4, 0.5) is 0 Å². The van der Waals surface area contributed by atoms with Gasteiger partial charge in [0.15, 0.2) is 0 Å². The van der Waals surface area contributed by atoms with Crippen LogP contribution in [0.2, 0.25) is 0 Å². The molecule has 13 heavy (non-hydrogen) atoms. The second-order valence-electron chi connectivity index (χ2n) is 2.72. The molecule has 0 saturated heterocycles. The Hall–Kier alpha value is -0.778. The van der Waals surface area contributed by atoms with Crippen LogP contribution in [0.3, 0.4) is 0 Å². The summed E-state index contributed by atoms with van der Waals surface area (Å²) in [5, 5.41) is 20.1. The summed E-state index contributed by atoms with van der Waals surface area (Å²) < 4.78 is 0. The van der Waals surface area contributed by atoms with Gasteiger partial charge >= 0.3 is 0 Å². The third-order valence-corrected chi connectivity index (χ3v) is 1.81. The van der Waals surface area contributed by atoms with E-state index in [-0.39, 0.29) is 38.8 Å². The van der Waals surface area contributed by atoms with Crippen molar-refractivity contribution in [2.24, 2.45) is 0 Å². The van der Waals surface area contributed by atoms with E-state index in [1.807, 2.05) is 12.1 Å². The van der Waals surface area contributed by atoms with E-state index in [1.54, 1.807) is 24.3 Å². The SMILES string of the molecule is Oc1ccc2ccc(O)cc2c1.[Pb]. The number of benzene rings is 2. The summed E-state index contributed by atoms with van der Waals surface area (Å²) in [4.78, 5) is 0. The Labute approximate surface area is 96.0 Å². The number of hydrogen-bond donors (Lipinski definition) is 2. The summed E-state index contributed by atoms with van der Waals surface area (Å²) in [6.45, 7) is 0. The predicted molar refractivity (Wildman–Crippen MR) is 53.0 cm³/mol. The molecule has 0 aliphatic rings. The Kier molecular flexibility index (Phi) is 3.13. The topological polar surface area (TPSA) is 40.5 Å². The van der Waals surface area contributed by atoms with Gasteiger partial charge in [-0.2, -0.15) is 0 Å². The zero-order valence-corrected chi connectivity index (χ0v) is 10.7. The summed E-state index contributed by atoms with van der Waals surface area (Å²) in [7, 11) is 0. The van der Waals surface area contributed by atoms with Crippen LogP contribution in [0.25, 0.3) is 10.8 Å². The third kappa shape index (κ3) is 2.12. The Morgan fingerprint density at radius 2 is 1.15 bits per heavy atom. The minimum Gasteiger partial charge on any atom is -0.508 e. The summed E-state index contributed by atoms with van der Waals surface area (Å²) in [6, 6.07) is 10.1. The molecular weight excluding hydrogens is 359 g/mol. The Bertz CT molecular complexity index is 389. The van der Waals surface area contributed by atoms with Crippen molar-refractivity contribution in [3.05, 3.63) is 36.4 Å². The molecule has 2 nitrogen and oxygen atoms in total. The molecule has 64 valence electrons. The van der Waals surface area contributed by atoms with Gasteiger partial charge in [0.1, 0.15) is 11.5 Å². The van der Waals surface area contributed by atoms with Crippen LogP contribution in [0, 0.1) is 0 Å². The normalized spacial score (nSPS) is 9.54. The first-order valence-electron chi connectivity index (χ1n) is 3.67. The van der Waals surface area contributed by atoms with Gasteiger partial charge in [-0.15, -0.1) is 0 Å². The van der Waals surface area contributed by atoms with Gasteiger partial charge in [0.25, 0.3) is 0 Å². The number of rotatable bonds is 0. The maximum absolute atomic E-state index is 9.14. The monoisotopic (exact) mass is 368 g/mol. The van der Waals surface area contributed by atoms with E-state index in [9.17, 15) is 0 Å². The first-order chi connectivity index (χ1) is 5.75. The van der Waals surface area contributed by atoms with E-state index in [2.05, 4.69) is 0 Å². The molecule has 0 amide bonds. The van der Waals surface area contributed by atoms with Gasteiger partial charge in [0.05, 0.1) is 0 Å². The van der Waals surface area contributed by atoms with E-state index in [0.29, 0.717) is 0 Å². The van der Waals surface area contributed by atoms with Gasteiger partial charge in [0.2, 0.25) is 0 Å². The molecule has 0 aromatic heterocycles. The number of phenolic OH excluding ortho intramolecular Hbond substituents is 2. The van der Waals surface area contributed by atoms with Gasteiger partial charge in [0, 0.05) is 27.3 Å². The molecule has 3 heteroatoms. The van der Waals surface area contributed by atoms with Crippen molar-refractivity contribution in [1.29, 1.82) is 0 Å². The fraction of sp³-hybridized carbons (Fsp3) is 0. The molecule has 0 bridgehead atoms. The van der Waals surface area contributed by atoms with Crippen LogP contribution in [0.1, 0.15) is 0 Å². The molecule has 0 aliphatic carbocycles. The van der Waals surface area contributed by atoms with Crippen molar-refractivity contribution >= 4 is 38.1 Å². The van der Waals surface area contributed by atoms with E-state index in [4.69, 9.17) is 10.2 Å². The first kappa shape index (κ1) is 10.3. The molecule has 0 atom stereocenters. The van der Waals surface area contributed by atoms with Crippen LogP contribution >= 0.6 is 0 Å². The van der Waals surface area contributed by atoms with Crippen molar-refractivity contribution in [1.82, 2.24) is 0 Å². The summed E-state index contributed by atoms with van der Waals surface area (Å²) in [5.41, 5.74) is 0. The van der Waals surface area contributed by atoms with E-state index < -0.39 is 0 Å². The molecule has 2 N–H and O–H groups in total. The molecule has 0 aliphatic heterocycles. The second-order valence-corrected chi connectivity index (χ2v) is 2.72. The summed E-state index contributed by atoms with van der Waals surface area (Å²) in [5.74, 6) is 0.432. The van der Waals surface area contributed by atoms with Crippen LogP contribution < -0.4 is 0 Å². The van der Waals surface area contributed by atoms with Gasteiger partial charge in [-0.25, -0.2) is 0 Å². The zero-order chi connectivity index (χ0) is 8.55. The number of aromatic hydroxyl groups is 2. The summed E-state index contributed by atoms with van der Waals surface area (Å²) in [6.07, 6.45) is 0. The molecule has 0 saturated carbocycles. The van der Waals surface area contributed by atoms with Crippen LogP contribution in [-0.4, -0.2) is 37.5 Å². The number of phenols is 2. The molecule has 2 aromatic rings. The minimum atomic E-state index is 0. The predicted octanol–water partition coefficient (Wildman–Crippen LogP) is 1.87. The average molecular weight is 367 g/mol. The van der Waals surface area contributed by atoms with Gasteiger partial charge < -0.3 is 10.2 Å². The average Bonchev–Trinajstić information content (AvgIpc) is 2.03. The van der Waals surface area contributed by atoms with Crippen molar-refractivity contribution in [2.45, 2.75) is 0 Å². The quantitative estimate of drug-likeness (QED) is 0.698. The van der Waals surface area contributed by atoms with Crippen molar-refractivity contribution < 1.29 is 10.2 Å². The minimum absolute atomic E-state index is 0.